The first kappa shape index (κ1) is 17.2. The smallest absolute Gasteiger partial charge is 0.326 e. The first-order valence-electron chi connectivity index (χ1n) is 6.52. The maximum Gasteiger partial charge on any atom is 0.326 e. The van der Waals surface area contributed by atoms with Gasteiger partial charge in [0.1, 0.15) is 11.9 Å². The minimum Gasteiger partial charge on any atom is -0.480 e. The average Bonchev–Trinajstić information content (AvgIpc) is 2.43. The molecule has 0 saturated carbocycles. The van der Waals surface area contributed by atoms with Crippen molar-refractivity contribution < 1.29 is 19.1 Å². The van der Waals surface area contributed by atoms with Crippen molar-refractivity contribution in [1.82, 2.24) is 5.32 Å². The van der Waals surface area contributed by atoms with Crippen LogP contribution in [-0.4, -0.2) is 23.0 Å². The van der Waals surface area contributed by atoms with Crippen LogP contribution in [0.3, 0.4) is 0 Å². The van der Waals surface area contributed by atoms with Crippen molar-refractivity contribution in [3.05, 3.63) is 40.7 Å². The van der Waals surface area contributed by atoms with E-state index in [1.54, 1.807) is 6.92 Å². The lowest BCUT2D eigenvalue weighted by molar-refractivity contribution is -0.142. The van der Waals surface area contributed by atoms with Crippen molar-refractivity contribution >= 4 is 29.6 Å². The van der Waals surface area contributed by atoms with Gasteiger partial charge in [-0.3, -0.25) is 4.79 Å². The zero-order valence-corrected chi connectivity index (χ0v) is 12.5. The van der Waals surface area contributed by atoms with Gasteiger partial charge in [-0.25, -0.2) is 9.18 Å². The molecule has 0 spiro atoms. The number of carbonyl (C=O) groups excluding carboxylic acids is 1. The Kier molecular flexibility index (Phi) is 6.37. The zero-order valence-electron chi connectivity index (χ0n) is 11.8. The fourth-order valence-corrected chi connectivity index (χ4v) is 1.94. The van der Waals surface area contributed by atoms with E-state index < -0.39 is 23.7 Å². The van der Waals surface area contributed by atoms with Crippen molar-refractivity contribution in [1.29, 1.82) is 0 Å². The molecule has 21 heavy (non-hydrogen) atoms. The summed E-state index contributed by atoms with van der Waals surface area (Å²) in [6.45, 7) is 3.57. The summed E-state index contributed by atoms with van der Waals surface area (Å²) in [7, 11) is 0. The second-order valence-corrected chi connectivity index (χ2v) is 5.09. The predicted molar refractivity (Wildman–Crippen MR) is 79.5 cm³/mol. The van der Waals surface area contributed by atoms with Crippen molar-refractivity contribution in [3.63, 3.8) is 0 Å². The summed E-state index contributed by atoms with van der Waals surface area (Å²) in [6.07, 6.45) is 2.91. The standard InChI is InChI=1S/C15H17ClFNO3/c1-3-9(2)14(15(20)21)18-13(19)8-7-10-11(16)5-4-6-12(10)17/h4-9,14H,3H2,1-2H3,(H,18,19)(H,20,21)/b8-7+/t9?,14-/m0/s1. The second kappa shape index (κ2) is 7.78. The summed E-state index contributed by atoms with van der Waals surface area (Å²) in [4.78, 5) is 22.8. The third-order valence-corrected chi connectivity index (χ3v) is 3.51. The molecule has 1 aromatic carbocycles. The molecule has 0 aliphatic carbocycles. The van der Waals surface area contributed by atoms with Crippen LogP contribution >= 0.6 is 11.6 Å². The van der Waals surface area contributed by atoms with Gasteiger partial charge in [-0.15, -0.1) is 0 Å². The largest absolute Gasteiger partial charge is 0.480 e. The molecule has 2 N–H and O–H groups in total. The Hall–Kier alpha value is -1.88. The minimum atomic E-state index is -1.10. The molecule has 0 bridgehead atoms. The Morgan fingerprint density at radius 1 is 1.48 bits per heavy atom. The molecule has 0 aromatic heterocycles. The first-order chi connectivity index (χ1) is 9.86. The maximum atomic E-state index is 13.5. The molecule has 1 unspecified atom stereocenters. The van der Waals surface area contributed by atoms with Gasteiger partial charge in [-0.2, -0.15) is 0 Å². The number of rotatable bonds is 6. The predicted octanol–water partition coefficient (Wildman–Crippen LogP) is 3.11. The van der Waals surface area contributed by atoms with Crippen molar-refractivity contribution in [3.8, 4) is 0 Å². The van der Waals surface area contributed by atoms with E-state index in [0.717, 1.165) is 6.08 Å². The molecule has 0 aliphatic heterocycles. The van der Waals surface area contributed by atoms with Crippen LogP contribution in [0, 0.1) is 11.7 Å². The third-order valence-electron chi connectivity index (χ3n) is 3.18. The molecule has 4 nitrogen and oxygen atoms in total. The van der Waals surface area contributed by atoms with Crippen molar-refractivity contribution in [2.75, 3.05) is 0 Å². The van der Waals surface area contributed by atoms with Gasteiger partial charge in [-0.05, 0) is 24.1 Å². The van der Waals surface area contributed by atoms with Gasteiger partial charge in [-0.1, -0.05) is 37.9 Å². The van der Waals surface area contributed by atoms with E-state index >= 15 is 0 Å². The lowest BCUT2D eigenvalue weighted by atomic mass is 9.99. The van der Waals surface area contributed by atoms with Gasteiger partial charge >= 0.3 is 5.97 Å². The summed E-state index contributed by atoms with van der Waals surface area (Å²) < 4.78 is 13.5. The number of amides is 1. The summed E-state index contributed by atoms with van der Waals surface area (Å²) in [5.74, 6) is -2.47. The van der Waals surface area contributed by atoms with Crippen LogP contribution in [0.5, 0.6) is 0 Å². The molecule has 6 heteroatoms. The van der Waals surface area contributed by atoms with Gasteiger partial charge in [0, 0.05) is 11.6 Å². The van der Waals surface area contributed by atoms with E-state index in [1.807, 2.05) is 6.92 Å². The number of benzene rings is 1. The molecule has 0 fully saturated rings. The summed E-state index contributed by atoms with van der Waals surface area (Å²) in [5, 5.41) is 11.6. The molecule has 0 heterocycles. The summed E-state index contributed by atoms with van der Waals surface area (Å²) >= 11 is 5.82. The Labute approximate surface area is 127 Å². The van der Waals surface area contributed by atoms with Gasteiger partial charge in [0.15, 0.2) is 0 Å². The van der Waals surface area contributed by atoms with E-state index in [-0.39, 0.29) is 16.5 Å². The average molecular weight is 314 g/mol. The number of carboxylic acids is 1. The monoisotopic (exact) mass is 313 g/mol. The molecule has 0 saturated heterocycles. The normalized spacial score (nSPS) is 13.9. The molecule has 1 amide bonds. The van der Waals surface area contributed by atoms with Gasteiger partial charge in [0.25, 0.3) is 0 Å². The molecular formula is C15H17ClFNO3. The molecular weight excluding hydrogens is 297 g/mol. The molecule has 0 radical (unpaired) electrons. The van der Waals surface area contributed by atoms with Crippen LogP contribution in [0.15, 0.2) is 24.3 Å². The van der Waals surface area contributed by atoms with Crippen molar-refractivity contribution in [2.24, 2.45) is 5.92 Å². The van der Waals surface area contributed by atoms with E-state index in [4.69, 9.17) is 16.7 Å². The highest BCUT2D eigenvalue weighted by Gasteiger charge is 2.24. The molecule has 2 atom stereocenters. The van der Waals surface area contributed by atoms with Crippen molar-refractivity contribution in [2.45, 2.75) is 26.3 Å². The van der Waals surface area contributed by atoms with Crippen LogP contribution in [0.25, 0.3) is 6.08 Å². The topological polar surface area (TPSA) is 66.4 Å². The van der Waals surface area contributed by atoms with Crippen LogP contribution in [0.4, 0.5) is 4.39 Å². The molecule has 1 rings (SSSR count). The molecule has 0 aliphatic rings. The Morgan fingerprint density at radius 3 is 2.67 bits per heavy atom. The number of carboxylic acid groups (broad SMARTS) is 1. The number of carbonyl (C=O) groups is 2. The highest BCUT2D eigenvalue weighted by atomic mass is 35.5. The van der Waals surface area contributed by atoms with Crippen LogP contribution in [0.2, 0.25) is 5.02 Å². The highest BCUT2D eigenvalue weighted by Crippen LogP contribution is 2.20. The Morgan fingerprint density at radius 2 is 2.14 bits per heavy atom. The van der Waals surface area contributed by atoms with E-state index in [1.165, 1.54) is 24.3 Å². The van der Waals surface area contributed by atoms with Gasteiger partial charge in [0.05, 0.1) is 5.02 Å². The van der Waals surface area contributed by atoms with Gasteiger partial charge < -0.3 is 10.4 Å². The van der Waals surface area contributed by atoms with Crippen LogP contribution in [-0.2, 0) is 9.59 Å². The Balaban J connectivity index is 2.81. The highest BCUT2D eigenvalue weighted by molar-refractivity contribution is 6.32. The second-order valence-electron chi connectivity index (χ2n) is 4.68. The molecule has 1 aromatic rings. The fraction of sp³-hybridized carbons (Fsp3) is 0.333. The van der Waals surface area contributed by atoms with E-state index in [2.05, 4.69) is 5.32 Å². The summed E-state index contributed by atoms with van der Waals surface area (Å²) in [6, 6.07) is 3.20. The molecule has 114 valence electrons. The SMILES string of the molecule is CCC(C)[C@H](NC(=O)/C=C/c1c(F)cccc1Cl)C(=O)O. The minimum absolute atomic E-state index is 0.0877. The fourth-order valence-electron chi connectivity index (χ4n) is 1.71. The van der Waals surface area contributed by atoms with Gasteiger partial charge in [0.2, 0.25) is 5.91 Å². The quantitative estimate of drug-likeness (QED) is 0.793. The summed E-state index contributed by atoms with van der Waals surface area (Å²) in [5.41, 5.74) is 0.0877. The number of aliphatic carboxylic acids is 1. The third kappa shape index (κ3) is 4.86. The number of nitrogens with one attached hydrogen (secondary N) is 1. The van der Waals surface area contributed by atoms with Crippen LogP contribution in [0.1, 0.15) is 25.8 Å². The lowest BCUT2D eigenvalue weighted by Gasteiger charge is -2.19. The number of hydrogen-bond donors (Lipinski definition) is 2. The first-order valence-corrected chi connectivity index (χ1v) is 6.90. The van der Waals surface area contributed by atoms with E-state index in [9.17, 15) is 14.0 Å². The zero-order chi connectivity index (χ0) is 16.0. The maximum absolute atomic E-state index is 13.5. The van der Waals surface area contributed by atoms with E-state index in [0.29, 0.717) is 6.42 Å². The Bertz CT molecular complexity index is 540. The number of halogens is 2. The van der Waals surface area contributed by atoms with Crippen LogP contribution < -0.4 is 5.32 Å². The lowest BCUT2D eigenvalue weighted by Crippen LogP contribution is -2.44. The number of hydrogen-bond acceptors (Lipinski definition) is 2.